The van der Waals surface area contributed by atoms with Gasteiger partial charge in [0.05, 0.1) is 12.2 Å². The Labute approximate surface area is 88.1 Å². The van der Waals surface area contributed by atoms with Gasteiger partial charge in [-0.3, -0.25) is 9.48 Å². The van der Waals surface area contributed by atoms with E-state index in [1.165, 1.54) is 0 Å². The molecule has 2 aromatic heterocycles. The molecule has 0 unspecified atom stereocenters. The highest BCUT2D eigenvalue weighted by molar-refractivity contribution is 5.92. The number of aryl methyl sites for hydroxylation is 2. The normalized spacial score (nSPS) is 10.5. The summed E-state index contributed by atoms with van der Waals surface area (Å²) in [7, 11) is 0. The van der Waals surface area contributed by atoms with Gasteiger partial charge in [0.15, 0.2) is 5.78 Å². The van der Waals surface area contributed by atoms with E-state index in [2.05, 4.69) is 5.10 Å². The molecule has 4 heteroatoms. The zero-order valence-corrected chi connectivity index (χ0v) is 8.63. The van der Waals surface area contributed by atoms with Crippen molar-refractivity contribution < 1.29 is 4.79 Å². The van der Waals surface area contributed by atoms with Crippen LogP contribution in [0.15, 0.2) is 36.8 Å². The topological polar surface area (TPSA) is 39.8 Å². The van der Waals surface area contributed by atoms with Crippen LogP contribution in [0.25, 0.3) is 0 Å². The van der Waals surface area contributed by atoms with Gasteiger partial charge >= 0.3 is 0 Å². The molecule has 0 atom stereocenters. The maximum Gasteiger partial charge on any atom is 0.176 e. The number of hydrogen-bond donors (Lipinski definition) is 0. The highest BCUT2D eigenvalue weighted by Gasteiger charge is 2.04. The molecular formula is C11H13N3O. The molecule has 0 aliphatic rings. The summed E-state index contributed by atoms with van der Waals surface area (Å²) >= 11 is 0. The second-order valence-electron chi connectivity index (χ2n) is 3.41. The first kappa shape index (κ1) is 9.71. The molecule has 0 fully saturated rings. The molecule has 0 amide bonds. The van der Waals surface area contributed by atoms with E-state index >= 15 is 0 Å². The van der Waals surface area contributed by atoms with Crippen molar-refractivity contribution in [2.45, 2.75) is 20.0 Å². The minimum Gasteiger partial charge on any atom is -0.343 e. The summed E-state index contributed by atoms with van der Waals surface area (Å²) in [6.45, 7) is 3.13. The third kappa shape index (κ3) is 2.15. The lowest BCUT2D eigenvalue weighted by Crippen LogP contribution is -2.11. The monoisotopic (exact) mass is 203 g/mol. The summed E-state index contributed by atoms with van der Waals surface area (Å²) in [6.07, 6.45) is 5.58. The summed E-state index contributed by atoms with van der Waals surface area (Å²) in [6, 6.07) is 5.62. The number of nitrogens with zero attached hydrogens (tertiary/aromatic N) is 3. The van der Waals surface area contributed by atoms with Gasteiger partial charge in [0.25, 0.3) is 0 Å². The van der Waals surface area contributed by atoms with Crippen LogP contribution in [0, 0.1) is 0 Å². The van der Waals surface area contributed by atoms with Crippen LogP contribution in [0.5, 0.6) is 0 Å². The Morgan fingerprint density at radius 3 is 2.87 bits per heavy atom. The fraction of sp³-hybridized carbons (Fsp3) is 0.273. The van der Waals surface area contributed by atoms with Gasteiger partial charge in [0.1, 0.15) is 0 Å². The average molecular weight is 203 g/mol. The van der Waals surface area contributed by atoms with E-state index in [0.717, 1.165) is 18.8 Å². The molecule has 2 rings (SSSR count). The van der Waals surface area contributed by atoms with Crippen molar-refractivity contribution in [2.24, 2.45) is 0 Å². The Morgan fingerprint density at radius 1 is 1.33 bits per heavy atom. The summed E-state index contributed by atoms with van der Waals surface area (Å²) in [5, 5.41) is 4.11. The van der Waals surface area contributed by atoms with Crippen LogP contribution in [-0.2, 0) is 13.1 Å². The van der Waals surface area contributed by atoms with Crippen molar-refractivity contribution in [3.63, 3.8) is 0 Å². The molecule has 2 aromatic rings. The SMILES string of the molecule is CC(=O)c1cccn1CCn1cccn1. The van der Waals surface area contributed by atoms with Crippen LogP contribution < -0.4 is 0 Å². The molecule has 2 heterocycles. The molecule has 4 nitrogen and oxygen atoms in total. The number of carbonyl (C=O) groups excluding carboxylic acids is 1. The summed E-state index contributed by atoms with van der Waals surface area (Å²) in [5.74, 6) is 0.0977. The lowest BCUT2D eigenvalue weighted by atomic mass is 10.3. The van der Waals surface area contributed by atoms with Crippen LogP contribution in [0.2, 0.25) is 0 Å². The minimum atomic E-state index is 0.0977. The molecule has 15 heavy (non-hydrogen) atoms. The van der Waals surface area contributed by atoms with Crippen molar-refractivity contribution >= 4 is 5.78 Å². The van der Waals surface area contributed by atoms with Gasteiger partial charge in [-0.25, -0.2) is 0 Å². The van der Waals surface area contributed by atoms with Gasteiger partial charge < -0.3 is 4.57 Å². The zero-order chi connectivity index (χ0) is 10.7. The van der Waals surface area contributed by atoms with Gasteiger partial charge in [-0.15, -0.1) is 0 Å². The fourth-order valence-corrected chi connectivity index (χ4v) is 1.57. The first-order chi connectivity index (χ1) is 7.27. The summed E-state index contributed by atoms with van der Waals surface area (Å²) in [4.78, 5) is 11.2. The Hall–Kier alpha value is -1.84. The van der Waals surface area contributed by atoms with E-state index in [1.54, 1.807) is 13.1 Å². The standard InChI is InChI=1S/C11H13N3O/c1-10(15)11-4-2-6-13(11)8-9-14-7-3-5-12-14/h2-7H,8-9H2,1H3. The maximum atomic E-state index is 11.2. The average Bonchev–Trinajstić information content (AvgIpc) is 2.86. The van der Waals surface area contributed by atoms with Crippen molar-refractivity contribution in [1.29, 1.82) is 0 Å². The second-order valence-corrected chi connectivity index (χ2v) is 3.41. The molecule has 0 bridgehead atoms. The number of rotatable bonds is 4. The fourth-order valence-electron chi connectivity index (χ4n) is 1.57. The predicted molar refractivity (Wildman–Crippen MR) is 56.7 cm³/mol. The van der Waals surface area contributed by atoms with Gasteiger partial charge in [-0.2, -0.15) is 5.10 Å². The largest absolute Gasteiger partial charge is 0.343 e. The first-order valence-corrected chi connectivity index (χ1v) is 4.91. The second kappa shape index (κ2) is 4.13. The van der Waals surface area contributed by atoms with E-state index in [4.69, 9.17) is 0 Å². The highest BCUT2D eigenvalue weighted by atomic mass is 16.1. The Balaban J connectivity index is 2.05. The third-order valence-corrected chi connectivity index (χ3v) is 2.32. The predicted octanol–water partition coefficient (Wildman–Crippen LogP) is 1.59. The lowest BCUT2D eigenvalue weighted by molar-refractivity contribution is 0.100. The van der Waals surface area contributed by atoms with Crippen molar-refractivity contribution in [2.75, 3.05) is 0 Å². The van der Waals surface area contributed by atoms with E-state index in [0.29, 0.717) is 0 Å². The smallest absolute Gasteiger partial charge is 0.176 e. The molecule has 0 aliphatic heterocycles. The molecule has 0 aliphatic carbocycles. The molecule has 0 saturated carbocycles. The Morgan fingerprint density at radius 2 is 2.20 bits per heavy atom. The lowest BCUT2D eigenvalue weighted by Gasteiger charge is -2.06. The zero-order valence-electron chi connectivity index (χ0n) is 8.63. The quantitative estimate of drug-likeness (QED) is 0.708. The Kier molecular flexibility index (Phi) is 2.67. The first-order valence-electron chi connectivity index (χ1n) is 4.91. The van der Waals surface area contributed by atoms with Gasteiger partial charge in [-0.1, -0.05) is 0 Å². The van der Waals surface area contributed by atoms with Crippen molar-refractivity contribution in [3.05, 3.63) is 42.5 Å². The number of carbonyl (C=O) groups is 1. The van der Waals surface area contributed by atoms with E-state index in [-0.39, 0.29) is 5.78 Å². The molecule has 0 saturated heterocycles. The Bertz CT molecular complexity index is 442. The molecule has 0 spiro atoms. The molecular weight excluding hydrogens is 190 g/mol. The number of ketones is 1. The van der Waals surface area contributed by atoms with E-state index in [9.17, 15) is 4.79 Å². The summed E-state index contributed by atoms with van der Waals surface area (Å²) in [5.41, 5.74) is 0.752. The minimum absolute atomic E-state index is 0.0977. The molecule has 0 aromatic carbocycles. The molecule has 78 valence electrons. The van der Waals surface area contributed by atoms with Gasteiger partial charge in [0, 0.05) is 32.1 Å². The van der Waals surface area contributed by atoms with Crippen LogP contribution in [0.4, 0.5) is 0 Å². The van der Waals surface area contributed by atoms with Crippen LogP contribution in [0.1, 0.15) is 17.4 Å². The number of aromatic nitrogens is 3. The molecule has 0 N–H and O–H groups in total. The van der Waals surface area contributed by atoms with Crippen molar-refractivity contribution in [3.8, 4) is 0 Å². The third-order valence-electron chi connectivity index (χ3n) is 2.32. The molecule has 0 radical (unpaired) electrons. The van der Waals surface area contributed by atoms with Gasteiger partial charge in [-0.05, 0) is 18.2 Å². The van der Waals surface area contributed by atoms with E-state index in [1.807, 2.05) is 39.8 Å². The number of hydrogen-bond acceptors (Lipinski definition) is 2. The van der Waals surface area contributed by atoms with E-state index < -0.39 is 0 Å². The summed E-state index contributed by atoms with van der Waals surface area (Å²) < 4.78 is 3.80. The number of Topliss-reactive ketones (excluding diaryl/α,β-unsaturated/α-hetero) is 1. The van der Waals surface area contributed by atoms with Crippen LogP contribution >= 0.6 is 0 Å². The van der Waals surface area contributed by atoms with Crippen LogP contribution in [-0.4, -0.2) is 20.1 Å². The van der Waals surface area contributed by atoms with Gasteiger partial charge in [0.2, 0.25) is 0 Å². The highest BCUT2D eigenvalue weighted by Crippen LogP contribution is 2.03. The van der Waals surface area contributed by atoms with Crippen molar-refractivity contribution in [1.82, 2.24) is 14.3 Å². The van der Waals surface area contributed by atoms with Crippen LogP contribution in [0.3, 0.4) is 0 Å². The maximum absolute atomic E-state index is 11.2.